The van der Waals surface area contributed by atoms with Crippen LogP contribution in [0.3, 0.4) is 0 Å². The number of fused-ring (bicyclic) bond motifs is 1. The largest absolute Gasteiger partial charge is 0.381 e. The molecule has 2 aromatic rings. The summed E-state index contributed by atoms with van der Waals surface area (Å²) in [6.07, 6.45) is 4.19. The topological polar surface area (TPSA) is 34.1 Å². The summed E-state index contributed by atoms with van der Waals surface area (Å²) in [5.41, 5.74) is 2.44. The van der Waals surface area contributed by atoms with Crippen LogP contribution in [0, 0.1) is 5.92 Å². The average molecular weight is 270 g/mol. The number of aromatic nitrogens is 1. The van der Waals surface area contributed by atoms with Crippen molar-refractivity contribution in [3.8, 4) is 0 Å². The van der Waals surface area contributed by atoms with Crippen molar-refractivity contribution in [3.05, 3.63) is 42.1 Å². The van der Waals surface area contributed by atoms with Crippen molar-refractivity contribution in [1.82, 2.24) is 10.3 Å². The van der Waals surface area contributed by atoms with Crippen LogP contribution in [-0.4, -0.2) is 24.7 Å². The van der Waals surface area contributed by atoms with Gasteiger partial charge in [0.05, 0.1) is 5.52 Å². The van der Waals surface area contributed by atoms with Crippen LogP contribution < -0.4 is 5.32 Å². The zero-order valence-corrected chi connectivity index (χ0v) is 12.0. The molecule has 2 heterocycles. The fraction of sp³-hybridized carbons (Fsp3) is 0.471. The van der Waals surface area contributed by atoms with Gasteiger partial charge in [-0.3, -0.25) is 4.98 Å². The molecule has 1 aliphatic heterocycles. The summed E-state index contributed by atoms with van der Waals surface area (Å²) in [6.45, 7) is 4.95. The second-order valence-corrected chi connectivity index (χ2v) is 5.50. The molecule has 0 spiro atoms. The predicted molar refractivity (Wildman–Crippen MR) is 81.7 cm³/mol. The Labute approximate surface area is 120 Å². The van der Waals surface area contributed by atoms with Crippen LogP contribution in [0.4, 0.5) is 0 Å². The van der Waals surface area contributed by atoms with Crippen molar-refractivity contribution in [2.24, 2.45) is 5.92 Å². The SMILES string of the molecule is CCNC(CC1CCOC1)c1cccc2cccnc12. The van der Waals surface area contributed by atoms with E-state index in [0.29, 0.717) is 12.0 Å². The standard InChI is InChI=1S/C17H22N2O/c1-2-18-16(11-13-8-10-20-12-13)15-7-3-5-14-6-4-9-19-17(14)15/h3-7,9,13,16,18H,2,8,10-12H2,1H3. The summed E-state index contributed by atoms with van der Waals surface area (Å²) in [6, 6.07) is 11.0. The second kappa shape index (κ2) is 6.33. The number of benzene rings is 1. The summed E-state index contributed by atoms with van der Waals surface area (Å²) < 4.78 is 5.52. The van der Waals surface area contributed by atoms with Gasteiger partial charge in [0.25, 0.3) is 0 Å². The highest BCUT2D eigenvalue weighted by Crippen LogP contribution is 2.30. The molecule has 20 heavy (non-hydrogen) atoms. The van der Waals surface area contributed by atoms with Gasteiger partial charge in [-0.25, -0.2) is 0 Å². The van der Waals surface area contributed by atoms with E-state index in [1.165, 1.54) is 17.4 Å². The molecule has 0 amide bonds. The number of rotatable bonds is 5. The van der Waals surface area contributed by atoms with Crippen molar-refractivity contribution in [1.29, 1.82) is 0 Å². The van der Waals surface area contributed by atoms with Crippen molar-refractivity contribution in [3.63, 3.8) is 0 Å². The Kier molecular flexibility index (Phi) is 4.28. The van der Waals surface area contributed by atoms with Gasteiger partial charge in [-0.05, 0) is 36.9 Å². The normalized spacial score (nSPS) is 20.4. The Morgan fingerprint density at radius 3 is 3.05 bits per heavy atom. The third-order valence-electron chi connectivity index (χ3n) is 4.08. The Bertz CT molecular complexity index is 558. The molecule has 1 aliphatic rings. The van der Waals surface area contributed by atoms with Crippen LogP contribution in [0.25, 0.3) is 10.9 Å². The predicted octanol–water partition coefficient (Wildman–Crippen LogP) is 3.31. The van der Waals surface area contributed by atoms with E-state index in [2.05, 4.69) is 41.5 Å². The van der Waals surface area contributed by atoms with E-state index in [1.54, 1.807) is 0 Å². The van der Waals surface area contributed by atoms with Crippen LogP contribution in [0.5, 0.6) is 0 Å². The highest BCUT2D eigenvalue weighted by atomic mass is 16.5. The first-order valence-corrected chi connectivity index (χ1v) is 7.53. The van der Waals surface area contributed by atoms with Gasteiger partial charge >= 0.3 is 0 Å². The minimum absolute atomic E-state index is 0.366. The Morgan fingerprint density at radius 2 is 2.25 bits per heavy atom. The van der Waals surface area contributed by atoms with Gasteiger partial charge < -0.3 is 10.1 Å². The number of pyridine rings is 1. The molecule has 1 N–H and O–H groups in total. The smallest absolute Gasteiger partial charge is 0.0749 e. The van der Waals surface area contributed by atoms with E-state index in [4.69, 9.17) is 4.74 Å². The minimum Gasteiger partial charge on any atom is -0.381 e. The van der Waals surface area contributed by atoms with Crippen LogP contribution in [0.1, 0.15) is 31.4 Å². The fourth-order valence-corrected chi connectivity index (χ4v) is 3.08. The zero-order chi connectivity index (χ0) is 13.8. The van der Waals surface area contributed by atoms with Crippen LogP contribution in [0.2, 0.25) is 0 Å². The van der Waals surface area contributed by atoms with Gasteiger partial charge in [-0.1, -0.05) is 31.2 Å². The number of para-hydroxylation sites is 1. The lowest BCUT2D eigenvalue weighted by Crippen LogP contribution is -2.24. The van der Waals surface area contributed by atoms with Crippen molar-refractivity contribution in [2.45, 2.75) is 25.8 Å². The Morgan fingerprint density at radius 1 is 1.35 bits per heavy atom. The highest BCUT2D eigenvalue weighted by Gasteiger charge is 2.22. The lowest BCUT2D eigenvalue weighted by molar-refractivity contribution is 0.181. The van der Waals surface area contributed by atoms with Gasteiger partial charge in [0, 0.05) is 30.8 Å². The summed E-state index contributed by atoms with van der Waals surface area (Å²) >= 11 is 0. The average Bonchev–Trinajstić information content (AvgIpc) is 2.99. The lowest BCUT2D eigenvalue weighted by Gasteiger charge is -2.22. The lowest BCUT2D eigenvalue weighted by atomic mass is 9.92. The quantitative estimate of drug-likeness (QED) is 0.905. The molecule has 2 atom stereocenters. The number of hydrogen-bond acceptors (Lipinski definition) is 3. The molecule has 3 heteroatoms. The van der Waals surface area contributed by atoms with Crippen molar-refractivity contribution in [2.75, 3.05) is 19.8 Å². The van der Waals surface area contributed by atoms with Gasteiger partial charge in [0.15, 0.2) is 0 Å². The fourth-order valence-electron chi connectivity index (χ4n) is 3.08. The number of ether oxygens (including phenoxy) is 1. The molecular formula is C17H22N2O. The van der Waals surface area contributed by atoms with E-state index in [0.717, 1.165) is 31.7 Å². The Balaban J connectivity index is 1.91. The van der Waals surface area contributed by atoms with Gasteiger partial charge in [0.1, 0.15) is 0 Å². The third-order valence-corrected chi connectivity index (χ3v) is 4.08. The van der Waals surface area contributed by atoms with E-state index in [9.17, 15) is 0 Å². The molecule has 1 aromatic carbocycles. The first-order valence-electron chi connectivity index (χ1n) is 7.53. The summed E-state index contributed by atoms with van der Waals surface area (Å²) in [7, 11) is 0. The van der Waals surface area contributed by atoms with Crippen LogP contribution in [-0.2, 0) is 4.74 Å². The molecule has 1 fully saturated rings. The van der Waals surface area contributed by atoms with Crippen LogP contribution in [0.15, 0.2) is 36.5 Å². The first-order chi connectivity index (χ1) is 9.88. The molecule has 3 nitrogen and oxygen atoms in total. The maximum Gasteiger partial charge on any atom is 0.0749 e. The highest BCUT2D eigenvalue weighted by molar-refractivity contribution is 5.82. The third kappa shape index (κ3) is 2.84. The van der Waals surface area contributed by atoms with Gasteiger partial charge in [-0.2, -0.15) is 0 Å². The molecule has 1 saturated heterocycles. The van der Waals surface area contributed by atoms with Gasteiger partial charge in [0.2, 0.25) is 0 Å². The molecule has 1 aromatic heterocycles. The summed E-state index contributed by atoms with van der Waals surface area (Å²) in [5.74, 6) is 0.665. The summed E-state index contributed by atoms with van der Waals surface area (Å²) in [5, 5.41) is 4.84. The summed E-state index contributed by atoms with van der Waals surface area (Å²) in [4.78, 5) is 4.59. The Hall–Kier alpha value is -1.45. The molecule has 0 saturated carbocycles. The van der Waals surface area contributed by atoms with E-state index >= 15 is 0 Å². The second-order valence-electron chi connectivity index (χ2n) is 5.50. The van der Waals surface area contributed by atoms with Crippen molar-refractivity contribution >= 4 is 10.9 Å². The molecule has 106 valence electrons. The van der Waals surface area contributed by atoms with E-state index in [1.807, 2.05) is 12.3 Å². The monoisotopic (exact) mass is 270 g/mol. The number of nitrogens with one attached hydrogen (secondary N) is 1. The minimum atomic E-state index is 0.366. The molecule has 0 radical (unpaired) electrons. The number of nitrogens with zero attached hydrogens (tertiary/aromatic N) is 1. The zero-order valence-electron chi connectivity index (χ0n) is 12.0. The maximum atomic E-state index is 5.52. The molecule has 2 unspecified atom stereocenters. The number of hydrogen-bond donors (Lipinski definition) is 1. The van der Waals surface area contributed by atoms with E-state index in [-0.39, 0.29) is 0 Å². The van der Waals surface area contributed by atoms with Crippen molar-refractivity contribution < 1.29 is 4.74 Å². The molecule has 3 rings (SSSR count). The van der Waals surface area contributed by atoms with Gasteiger partial charge in [-0.15, -0.1) is 0 Å². The molecular weight excluding hydrogens is 248 g/mol. The first kappa shape index (κ1) is 13.5. The molecule has 0 aliphatic carbocycles. The van der Waals surface area contributed by atoms with Crippen LogP contribution >= 0.6 is 0 Å². The maximum absolute atomic E-state index is 5.52. The molecule has 0 bridgehead atoms. The van der Waals surface area contributed by atoms with E-state index < -0.39 is 0 Å².